The second kappa shape index (κ2) is 31.6. The fourth-order valence-corrected chi connectivity index (χ4v) is 12.4. The number of amides is 2. The van der Waals surface area contributed by atoms with Crippen LogP contribution in [0.3, 0.4) is 0 Å². The number of likely N-dealkylation sites (N-methyl/N-ethyl adjacent to an activating group) is 2. The monoisotopic (exact) mass is 1230 g/mol. The molecule has 2 heterocycles. The Labute approximate surface area is 484 Å². The van der Waals surface area contributed by atoms with Gasteiger partial charge in [-0.1, -0.05) is 84.2 Å². The van der Waals surface area contributed by atoms with Gasteiger partial charge >= 0.3 is 10.6 Å². The van der Waals surface area contributed by atoms with Crippen LogP contribution in [0.2, 0.25) is 20.1 Å². The third kappa shape index (κ3) is 19.8. The van der Waals surface area contributed by atoms with Crippen molar-refractivity contribution in [3.63, 3.8) is 0 Å². The van der Waals surface area contributed by atoms with E-state index < -0.39 is 30.5 Å². The molecule has 0 spiro atoms. The van der Waals surface area contributed by atoms with Crippen LogP contribution in [0.4, 0.5) is 0 Å². The third-order valence-electron chi connectivity index (χ3n) is 12.7. The van der Waals surface area contributed by atoms with Gasteiger partial charge in [0.15, 0.2) is 9.84 Å². The number of sulfone groups is 1. The highest BCUT2D eigenvalue weighted by molar-refractivity contribution is 7.91. The van der Waals surface area contributed by atoms with Crippen molar-refractivity contribution in [2.45, 2.75) is 48.6 Å². The van der Waals surface area contributed by atoms with Crippen molar-refractivity contribution in [2.75, 3.05) is 105 Å². The Balaban J connectivity index is 0.00000222. The average molecular weight is 1230 g/mol. The highest BCUT2D eigenvalue weighted by Gasteiger charge is 2.29. The van der Waals surface area contributed by atoms with Gasteiger partial charge in [-0.15, -0.1) is 12.6 Å². The van der Waals surface area contributed by atoms with Crippen LogP contribution in [0, 0.1) is 0 Å². The van der Waals surface area contributed by atoms with E-state index in [1.165, 1.54) is 6.07 Å². The molecule has 25 heteroatoms. The van der Waals surface area contributed by atoms with Gasteiger partial charge in [-0.3, -0.25) is 9.59 Å². The van der Waals surface area contributed by atoms with Gasteiger partial charge in [-0.05, 0) is 121 Å². The first-order valence-corrected chi connectivity index (χ1v) is 30.4. The first-order chi connectivity index (χ1) is 37.2. The number of nitrogens with zero attached hydrogens (tertiary/aromatic N) is 2. The number of hydrogen-bond acceptors (Lipinski definition) is 15. The van der Waals surface area contributed by atoms with E-state index in [0.29, 0.717) is 50.7 Å². The van der Waals surface area contributed by atoms with Gasteiger partial charge < -0.3 is 39.4 Å². The molecule has 2 amide bonds. The lowest BCUT2D eigenvalue weighted by Gasteiger charge is -2.33. The second-order valence-corrected chi connectivity index (χ2v) is 24.3. The molecule has 0 aliphatic carbocycles. The molecule has 3 N–H and O–H groups in total. The molecule has 430 valence electrons. The van der Waals surface area contributed by atoms with E-state index in [1.807, 2.05) is 50.5 Å². The minimum Gasteiger partial charge on any atom is -0.379 e. The van der Waals surface area contributed by atoms with Crippen molar-refractivity contribution in [1.82, 2.24) is 25.2 Å². The molecule has 0 aromatic heterocycles. The molecule has 0 saturated heterocycles. The lowest BCUT2D eigenvalue weighted by molar-refractivity contribution is 0.0486. The summed E-state index contributed by atoms with van der Waals surface area (Å²) >= 11 is 25.7. The quantitative estimate of drug-likeness (QED) is 0.0456. The summed E-state index contributed by atoms with van der Waals surface area (Å²) in [5.41, 5.74) is 6.73. The van der Waals surface area contributed by atoms with Crippen molar-refractivity contribution in [1.29, 1.82) is 0 Å². The van der Waals surface area contributed by atoms with Crippen LogP contribution in [0.25, 0.3) is 0 Å². The number of rotatable bonds is 26. The zero-order valence-electron chi connectivity index (χ0n) is 42.9. The molecule has 79 heavy (non-hydrogen) atoms. The van der Waals surface area contributed by atoms with Gasteiger partial charge in [0.25, 0.3) is 11.8 Å². The third-order valence-corrected chi connectivity index (χ3v) is 17.1. The van der Waals surface area contributed by atoms with Crippen LogP contribution in [0.15, 0.2) is 107 Å². The molecular weight excluding hydrogens is 1160 g/mol. The lowest BCUT2D eigenvalue weighted by atomic mass is 9.85. The summed E-state index contributed by atoms with van der Waals surface area (Å²) in [5, 5.41) is 7.91. The van der Waals surface area contributed by atoms with Gasteiger partial charge in [0, 0.05) is 95.5 Å². The Morgan fingerprint density at radius 2 is 0.975 bits per heavy atom. The minimum atomic E-state index is -3.77. The number of fused-ring (bicyclic) bond motifs is 2. The lowest BCUT2D eigenvalue weighted by Crippen LogP contribution is -2.31. The van der Waals surface area contributed by atoms with Crippen LogP contribution in [0.1, 0.15) is 79.8 Å². The SMILES string of the molecule is C.CN1Cc2c(Cl)cc(Cl)cc2C(c2ccc(S(=O)(=O)CCCOCCOCCNC(=O)c3cccc(C(=O)NCCOCCOCCNS(=O)(=O)c4ccc(C5CN(C)Cc6c(Cl)cc(Cl)cc65)cc4)c3)cc2)C1.O=S(=O)=O. The molecule has 0 radical (unpaired) electrons. The van der Waals surface area contributed by atoms with Gasteiger partial charge in [0.1, 0.15) is 0 Å². The van der Waals surface area contributed by atoms with Crippen molar-refractivity contribution < 1.29 is 58.0 Å². The number of hydrogen-bond donors (Lipinski definition) is 3. The molecule has 0 saturated carbocycles. The standard InChI is InChI=1S/C53H61Cl4N5O10S2.CH4.O3S/c1-61-32-46(44-28-40(54)30-50(56)48(44)34-61)36-7-11-42(12-8-36)73(65,66)26-4-18-69-22-23-70-19-15-58-52(63)38-5-3-6-39(27-38)53(64)59-16-20-71-24-25-72-21-17-60-74(67,68)43-13-9-37(10-14-43)47-33-62(2)35-49-45(47)29-41(55)31-51(49)57;;1-4(2)3/h3,5-14,27-31,46-47,60H,4,15-26,32-35H2,1-2H3,(H,58,63)(H,59,64);1H4;. The van der Waals surface area contributed by atoms with Crippen LogP contribution in [0.5, 0.6) is 0 Å². The first-order valence-electron chi connectivity index (χ1n) is 24.7. The van der Waals surface area contributed by atoms with E-state index in [-0.39, 0.29) is 119 Å². The highest BCUT2D eigenvalue weighted by Crippen LogP contribution is 2.40. The molecule has 0 bridgehead atoms. The van der Waals surface area contributed by atoms with Crippen molar-refractivity contribution in [3.05, 3.63) is 162 Å². The Morgan fingerprint density at radius 3 is 1.42 bits per heavy atom. The molecule has 5 aromatic carbocycles. The summed E-state index contributed by atoms with van der Waals surface area (Å²) in [5.74, 6) is -0.793. The van der Waals surface area contributed by atoms with E-state index in [1.54, 1.807) is 54.6 Å². The summed E-state index contributed by atoms with van der Waals surface area (Å²) in [6.45, 7) is 5.24. The maximum atomic E-state index is 13.1. The molecule has 7 rings (SSSR count). The molecule has 2 aliphatic rings. The zero-order valence-corrected chi connectivity index (χ0v) is 48.3. The normalized spacial score (nSPS) is 15.4. The summed E-state index contributed by atoms with van der Waals surface area (Å²) in [7, 11) is -6.35. The Bertz CT molecular complexity index is 3000. The number of carbonyl (C=O) groups excluding carboxylic acids is 2. The number of nitrogens with one attached hydrogen (secondary N) is 3. The number of carbonyl (C=O) groups is 2. The van der Waals surface area contributed by atoms with Gasteiger partial charge in [-0.25, -0.2) is 21.6 Å². The van der Waals surface area contributed by atoms with E-state index >= 15 is 0 Å². The molecule has 2 atom stereocenters. The first kappa shape index (κ1) is 65.3. The maximum absolute atomic E-state index is 13.1. The molecule has 2 aliphatic heterocycles. The number of sulfonamides is 1. The zero-order chi connectivity index (χ0) is 56.4. The highest BCUT2D eigenvalue weighted by atomic mass is 35.5. The van der Waals surface area contributed by atoms with Crippen LogP contribution >= 0.6 is 46.4 Å². The van der Waals surface area contributed by atoms with Crippen LogP contribution < -0.4 is 15.4 Å². The fourth-order valence-electron chi connectivity index (χ4n) is 8.97. The molecular formula is C54H65Cl4N5O13S3. The summed E-state index contributed by atoms with van der Waals surface area (Å²) < 4.78 is 102. The van der Waals surface area contributed by atoms with E-state index in [0.717, 1.165) is 46.5 Å². The van der Waals surface area contributed by atoms with Crippen LogP contribution in [-0.4, -0.2) is 157 Å². The van der Waals surface area contributed by atoms with Gasteiger partial charge in [-0.2, -0.15) is 0 Å². The number of benzene rings is 5. The van der Waals surface area contributed by atoms with Crippen molar-refractivity contribution >= 4 is 88.7 Å². The number of ether oxygens (including phenoxy) is 4. The van der Waals surface area contributed by atoms with Crippen molar-refractivity contribution in [2.24, 2.45) is 0 Å². The Hall–Kier alpha value is -4.56. The largest absolute Gasteiger partial charge is 0.425 e. The predicted octanol–water partition coefficient (Wildman–Crippen LogP) is 7.46. The van der Waals surface area contributed by atoms with E-state index in [4.69, 9.17) is 78.0 Å². The Morgan fingerprint density at radius 1 is 0.570 bits per heavy atom. The topological polar surface area (TPSA) is 233 Å². The maximum Gasteiger partial charge on any atom is 0.425 e. The van der Waals surface area contributed by atoms with Crippen LogP contribution in [-0.2, 0) is 62.5 Å². The van der Waals surface area contributed by atoms with Gasteiger partial charge in [0.2, 0.25) is 10.0 Å². The van der Waals surface area contributed by atoms with E-state index in [2.05, 4.69) is 25.2 Å². The molecule has 5 aromatic rings. The summed E-state index contributed by atoms with van der Waals surface area (Å²) in [6.07, 6.45) is 0.318. The molecule has 0 fully saturated rings. The Kier molecular flexibility index (Phi) is 26.1. The summed E-state index contributed by atoms with van der Waals surface area (Å²) in [4.78, 5) is 30.3. The number of halogens is 4. The second-order valence-electron chi connectivity index (χ2n) is 18.4. The van der Waals surface area contributed by atoms with Gasteiger partial charge in [0.05, 0.1) is 61.8 Å². The predicted molar refractivity (Wildman–Crippen MR) is 305 cm³/mol. The average Bonchev–Trinajstić information content (AvgIpc) is 3.42. The fraction of sp³-hybridized carbons (Fsp3) is 0.407. The molecule has 18 nitrogen and oxygen atoms in total. The summed E-state index contributed by atoms with van der Waals surface area (Å²) in [6, 6.07) is 27.5. The minimum absolute atomic E-state index is 0. The van der Waals surface area contributed by atoms with Crippen molar-refractivity contribution in [3.8, 4) is 0 Å². The van der Waals surface area contributed by atoms with E-state index in [9.17, 15) is 26.4 Å². The molecule has 2 unspecified atom stereocenters. The smallest absolute Gasteiger partial charge is 0.379 e.